The molecule has 1 spiro atoms. The number of likely N-dealkylation sites (tertiary alicyclic amines) is 1. The molecule has 9 heteroatoms. The molecular weight excluding hydrogens is 496 g/mol. The number of alkyl halides is 1. The zero-order valence-corrected chi connectivity index (χ0v) is 21.6. The summed E-state index contributed by atoms with van der Waals surface area (Å²) in [5, 5.41) is 12.0. The van der Waals surface area contributed by atoms with Crippen LogP contribution in [0.25, 0.3) is 0 Å². The molecule has 3 fully saturated rings. The zero-order valence-electron chi connectivity index (χ0n) is 19.2. The fourth-order valence-electron chi connectivity index (χ4n) is 5.61. The van der Waals surface area contributed by atoms with Crippen molar-refractivity contribution in [1.82, 2.24) is 10.2 Å². The quantitative estimate of drug-likeness (QED) is 0.215. The molecule has 0 aromatic rings. The molecular formula is C23H37BrN2O5S. The number of hydrogen-bond acceptors (Lipinski definition) is 6. The molecule has 2 N–H and O–H groups in total. The Hall–Kier alpha value is -0.800. The van der Waals surface area contributed by atoms with Crippen molar-refractivity contribution in [1.29, 1.82) is 0 Å². The molecule has 3 aliphatic heterocycles. The number of carbonyl (C=O) groups excluding carboxylic acids is 3. The molecule has 0 aromatic heterocycles. The minimum Gasteiger partial charge on any atom is -0.466 e. The molecule has 0 aliphatic carbocycles. The zero-order chi connectivity index (χ0) is 23.3. The van der Waals surface area contributed by atoms with Crippen molar-refractivity contribution in [3.63, 3.8) is 0 Å². The van der Waals surface area contributed by atoms with Gasteiger partial charge in [0.1, 0.15) is 6.04 Å². The largest absolute Gasteiger partial charge is 0.466 e. The summed E-state index contributed by atoms with van der Waals surface area (Å²) >= 11 is 5.39. The summed E-state index contributed by atoms with van der Waals surface area (Å²) in [6.45, 7) is 5.46. The van der Waals surface area contributed by atoms with Gasteiger partial charge < -0.3 is 20.1 Å². The summed E-state index contributed by atoms with van der Waals surface area (Å²) in [4.78, 5) is 41.8. The second-order valence-corrected chi connectivity index (χ2v) is 11.8. The number of amides is 2. The highest BCUT2D eigenvalue weighted by Crippen LogP contribution is 2.67. The molecule has 0 radical (unpaired) electrons. The first-order chi connectivity index (χ1) is 15.4. The van der Waals surface area contributed by atoms with Gasteiger partial charge in [0.15, 0.2) is 0 Å². The number of halogens is 1. The van der Waals surface area contributed by atoms with E-state index in [1.54, 1.807) is 23.6 Å². The van der Waals surface area contributed by atoms with Crippen LogP contribution in [0.2, 0.25) is 0 Å². The third-order valence-electron chi connectivity index (χ3n) is 6.98. The van der Waals surface area contributed by atoms with Crippen LogP contribution < -0.4 is 5.32 Å². The van der Waals surface area contributed by atoms with Gasteiger partial charge in [0.2, 0.25) is 11.8 Å². The van der Waals surface area contributed by atoms with Gasteiger partial charge in [-0.2, -0.15) is 0 Å². The number of unbranched alkanes of at least 4 members (excludes halogenated alkanes) is 5. The number of rotatable bonds is 13. The molecule has 3 heterocycles. The summed E-state index contributed by atoms with van der Waals surface area (Å²) in [5.41, 5.74) is 0. The first kappa shape index (κ1) is 25.8. The van der Waals surface area contributed by atoms with Crippen LogP contribution in [0.15, 0.2) is 0 Å². The molecule has 6 atom stereocenters. The van der Waals surface area contributed by atoms with Crippen molar-refractivity contribution in [3.8, 4) is 0 Å². The monoisotopic (exact) mass is 532 g/mol. The van der Waals surface area contributed by atoms with Crippen LogP contribution in [0.1, 0.15) is 65.2 Å². The average Bonchev–Trinajstić information content (AvgIpc) is 3.35. The van der Waals surface area contributed by atoms with Crippen LogP contribution in [0.5, 0.6) is 0 Å². The molecule has 2 amide bonds. The van der Waals surface area contributed by atoms with Gasteiger partial charge in [0.05, 0.1) is 23.2 Å². The molecule has 0 saturated carbocycles. The van der Waals surface area contributed by atoms with Gasteiger partial charge in [-0.1, -0.05) is 48.5 Å². The fourth-order valence-corrected chi connectivity index (χ4v) is 9.21. The van der Waals surface area contributed by atoms with E-state index in [-0.39, 0.29) is 41.1 Å². The standard InChI is InChI=1S/C23H37BrN2O5S/c1-3-5-8-11-25-20(28)19-23-14-15(24)18(32-23)16(22(30)31-4-2)17(23)21(29)26(19)12-9-6-7-10-13-27/h15-19,27H,3-14H2,1-2H3,(H,25,28)/t15?,16-,17+,18-,19?,23?/m1/s1. The number of ether oxygens (including phenoxy) is 1. The maximum absolute atomic E-state index is 13.7. The van der Waals surface area contributed by atoms with Gasteiger partial charge >= 0.3 is 5.97 Å². The van der Waals surface area contributed by atoms with Crippen LogP contribution in [-0.2, 0) is 19.1 Å². The fraction of sp³-hybridized carbons (Fsp3) is 0.870. The van der Waals surface area contributed by atoms with Crippen molar-refractivity contribution in [2.45, 2.75) is 86.1 Å². The van der Waals surface area contributed by atoms with E-state index >= 15 is 0 Å². The predicted octanol–water partition coefficient (Wildman–Crippen LogP) is 2.87. The Balaban J connectivity index is 1.83. The van der Waals surface area contributed by atoms with Crippen molar-refractivity contribution in [2.24, 2.45) is 11.8 Å². The van der Waals surface area contributed by atoms with Gasteiger partial charge in [0, 0.05) is 29.8 Å². The number of nitrogens with zero attached hydrogens (tertiary/aromatic N) is 1. The second kappa shape index (κ2) is 11.6. The average molecular weight is 534 g/mol. The molecule has 7 nitrogen and oxygen atoms in total. The van der Waals surface area contributed by atoms with Gasteiger partial charge in [-0.05, 0) is 32.6 Å². The summed E-state index contributed by atoms with van der Waals surface area (Å²) in [7, 11) is 0. The van der Waals surface area contributed by atoms with Crippen molar-refractivity contribution < 1.29 is 24.2 Å². The number of thioether (sulfide) groups is 1. The van der Waals surface area contributed by atoms with Gasteiger partial charge in [-0.15, -0.1) is 11.8 Å². The maximum Gasteiger partial charge on any atom is 0.310 e. The summed E-state index contributed by atoms with van der Waals surface area (Å²) in [6.07, 6.45) is 7.06. The predicted molar refractivity (Wildman–Crippen MR) is 129 cm³/mol. The number of aliphatic hydroxyl groups excluding tert-OH is 1. The van der Waals surface area contributed by atoms with Crippen molar-refractivity contribution in [3.05, 3.63) is 0 Å². The summed E-state index contributed by atoms with van der Waals surface area (Å²) in [5.74, 6) is -1.51. The van der Waals surface area contributed by atoms with E-state index in [1.165, 1.54) is 0 Å². The topological polar surface area (TPSA) is 95.9 Å². The number of hydrogen-bond donors (Lipinski definition) is 2. The summed E-state index contributed by atoms with van der Waals surface area (Å²) < 4.78 is 4.77. The lowest BCUT2D eigenvalue weighted by molar-refractivity contribution is -0.153. The van der Waals surface area contributed by atoms with Crippen LogP contribution in [0.3, 0.4) is 0 Å². The van der Waals surface area contributed by atoms with Gasteiger partial charge in [-0.3, -0.25) is 14.4 Å². The third-order valence-corrected chi connectivity index (χ3v) is 10.2. The normalized spacial score (nSPS) is 32.9. The van der Waals surface area contributed by atoms with Crippen LogP contribution >= 0.6 is 27.7 Å². The first-order valence-electron chi connectivity index (χ1n) is 12.1. The Kier molecular flexibility index (Phi) is 9.32. The Labute approximate surface area is 203 Å². The van der Waals surface area contributed by atoms with Crippen molar-refractivity contribution in [2.75, 3.05) is 26.3 Å². The van der Waals surface area contributed by atoms with E-state index in [2.05, 4.69) is 28.2 Å². The van der Waals surface area contributed by atoms with E-state index in [0.717, 1.165) is 44.9 Å². The molecule has 2 bridgehead atoms. The lowest BCUT2D eigenvalue weighted by Gasteiger charge is -2.35. The van der Waals surface area contributed by atoms with Crippen LogP contribution in [0, 0.1) is 11.8 Å². The Bertz CT molecular complexity index is 695. The molecule has 0 aromatic carbocycles. The van der Waals surface area contributed by atoms with Crippen LogP contribution in [-0.4, -0.2) is 75.0 Å². The highest BCUT2D eigenvalue weighted by atomic mass is 79.9. The Morgan fingerprint density at radius 1 is 1.22 bits per heavy atom. The lowest BCUT2D eigenvalue weighted by Crippen LogP contribution is -2.54. The minimum absolute atomic E-state index is 0.0508. The number of esters is 1. The number of nitrogens with one attached hydrogen (secondary N) is 1. The molecule has 3 unspecified atom stereocenters. The van der Waals surface area contributed by atoms with E-state index < -0.39 is 22.6 Å². The molecule has 182 valence electrons. The second-order valence-electron chi connectivity index (χ2n) is 9.08. The van der Waals surface area contributed by atoms with E-state index in [9.17, 15) is 14.4 Å². The van der Waals surface area contributed by atoms with Gasteiger partial charge in [-0.25, -0.2) is 0 Å². The Morgan fingerprint density at radius 2 is 1.97 bits per heavy atom. The molecule has 3 rings (SSSR count). The molecule has 3 aliphatic rings. The van der Waals surface area contributed by atoms with E-state index in [1.807, 2.05) is 0 Å². The number of fused-ring (bicyclic) bond motifs is 1. The number of carbonyl (C=O) groups is 3. The summed E-state index contributed by atoms with van der Waals surface area (Å²) in [6, 6.07) is -0.561. The minimum atomic E-state index is -0.590. The highest BCUT2D eigenvalue weighted by molar-refractivity contribution is 9.09. The molecule has 32 heavy (non-hydrogen) atoms. The van der Waals surface area contributed by atoms with Crippen LogP contribution in [0.4, 0.5) is 0 Å². The third kappa shape index (κ3) is 4.85. The van der Waals surface area contributed by atoms with E-state index in [4.69, 9.17) is 9.84 Å². The number of aliphatic hydroxyl groups is 1. The molecule has 3 saturated heterocycles. The maximum atomic E-state index is 13.7. The lowest BCUT2D eigenvalue weighted by atomic mass is 9.71. The smallest absolute Gasteiger partial charge is 0.310 e. The highest BCUT2D eigenvalue weighted by Gasteiger charge is 2.75. The van der Waals surface area contributed by atoms with E-state index in [0.29, 0.717) is 19.5 Å². The first-order valence-corrected chi connectivity index (χ1v) is 13.9. The van der Waals surface area contributed by atoms with Gasteiger partial charge in [0.25, 0.3) is 0 Å². The SMILES string of the molecule is CCCCCNC(=O)C1N(CCCCCCO)C(=O)[C@@H]2[C@@H](C(=O)OCC)[C@@H]3SC12CC3Br. The Morgan fingerprint density at radius 3 is 2.66 bits per heavy atom. The van der Waals surface area contributed by atoms with Crippen molar-refractivity contribution >= 4 is 45.5 Å².